The van der Waals surface area contributed by atoms with Crippen molar-refractivity contribution in [2.45, 2.75) is 0 Å². The molecule has 0 aromatic carbocycles. The number of amides is 1. The first-order chi connectivity index (χ1) is 6.72. The second-order valence-corrected chi connectivity index (χ2v) is 2.78. The number of rotatable bonds is 5. The molecule has 1 amide bonds. The first-order valence-electron chi connectivity index (χ1n) is 4.30. The van der Waals surface area contributed by atoms with Gasteiger partial charge in [-0.25, -0.2) is 0 Å². The van der Waals surface area contributed by atoms with Crippen LogP contribution in [0.4, 0.5) is 0 Å². The maximum atomic E-state index is 11.1. The van der Waals surface area contributed by atoms with Crippen LogP contribution in [0.15, 0.2) is 12.4 Å². The fourth-order valence-electron chi connectivity index (χ4n) is 0.885. The van der Waals surface area contributed by atoms with Gasteiger partial charge in [-0.15, -0.1) is 0 Å². The number of hydrogen-bond donors (Lipinski definition) is 2. The first-order valence-corrected chi connectivity index (χ1v) is 4.30. The molecule has 78 valence electrons. The van der Waals surface area contributed by atoms with E-state index in [1.165, 1.54) is 0 Å². The van der Waals surface area contributed by atoms with Crippen LogP contribution in [0, 0.1) is 0 Å². The first kappa shape index (κ1) is 10.5. The lowest BCUT2D eigenvalue weighted by molar-refractivity contribution is -0.123. The van der Waals surface area contributed by atoms with Crippen molar-refractivity contribution in [2.24, 2.45) is 12.8 Å². The molecule has 1 rings (SSSR count). The van der Waals surface area contributed by atoms with Gasteiger partial charge in [0.25, 0.3) is 5.91 Å². The molecule has 0 bridgehead atoms. The Bertz CT molecular complexity index is 297. The minimum absolute atomic E-state index is 0.00824. The fourth-order valence-corrected chi connectivity index (χ4v) is 0.885. The van der Waals surface area contributed by atoms with Crippen molar-refractivity contribution in [1.82, 2.24) is 15.1 Å². The predicted molar refractivity (Wildman–Crippen MR) is 50.8 cm³/mol. The van der Waals surface area contributed by atoms with E-state index in [9.17, 15) is 4.79 Å². The standard InChI is InChI=1S/C8H14N4O2/c1-12-5-7(4-11-12)14-6-8(13)10-3-2-9/h4-5H,2-3,6,9H2,1H3,(H,10,13). The van der Waals surface area contributed by atoms with Gasteiger partial charge < -0.3 is 15.8 Å². The van der Waals surface area contributed by atoms with Crippen molar-refractivity contribution in [1.29, 1.82) is 0 Å². The highest BCUT2D eigenvalue weighted by Gasteiger charge is 2.02. The number of nitrogens with two attached hydrogens (primary N) is 1. The second kappa shape index (κ2) is 5.23. The van der Waals surface area contributed by atoms with Crippen molar-refractivity contribution in [3.05, 3.63) is 12.4 Å². The van der Waals surface area contributed by atoms with Gasteiger partial charge in [-0.1, -0.05) is 0 Å². The van der Waals surface area contributed by atoms with Crippen molar-refractivity contribution in [2.75, 3.05) is 19.7 Å². The molecule has 1 heterocycles. The van der Waals surface area contributed by atoms with Crippen LogP contribution < -0.4 is 15.8 Å². The number of carbonyl (C=O) groups excluding carboxylic acids is 1. The molecular weight excluding hydrogens is 184 g/mol. The van der Waals surface area contributed by atoms with Crippen LogP contribution in [-0.4, -0.2) is 35.4 Å². The molecule has 3 N–H and O–H groups in total. The van der Waals surface area contributed by atoms with Crippen LogP contribution in [0.5, 0.6) is 5.75 Å². The molecule has 0 aliphatic carbocycles. The lowest BCUT2D eigenvalue weighted by atomic mass is 10.5. The van der Waals surface area contributed by atoms with Gasteiger partial charge in [0.2, 0.25) is 0 Å². The van der Waals surface area contributed by atoms with Crippen LogP contribution in [0.3, 0.4) is 0 Å². The Kier molecular flexibility index (Phi) is 3.93. The maximum absolute atomic E-state index is 11.1. The van der Waals surface area contributed by atoms with Gasteiger partial charge in [-0.3, -0.25) is 9.48 Å². The molecule has 0 spiro atoms. The molecule has 14 heavy (non-hydrogen) atoms. The maximum Gasteiger partial charge on any atom is 0.257 e. The number of hydrogen-bond acceptors (Lipinski definition) is 4. The van der Waals surface area contributed by atoms with Crippen LogP contribution in [0.25, 0.3) is 0 Å². The van der Waals surface area contributed by atoms with E-state index in [1.807, 2.05) is 0 Å². The Morgan fingerprint density at radius 1 is 1.79 bits per heavy atom. The summed E-state index contributed by atoms with van der Waals surface area (Å²) in [6.07, 6.45) is 3.24. The monoisotopic (exact) mass is 198 g/mol. The number of carbonyl (C=O) groups is 1. The van der Waals surface area contributed by atoms with Gasteiger partial charge in [-0.05, 0) is 0 Å². The summed E-state index contributed by atoms with van der Waals surface area (Å²) in [5.74, 6) is 0.398. The minimum Gasteiger partial charge on any atom is -0.480 e. The number of ether oxygens (including phenoxy) is 1. The molecule has 1 aromatic heterocycles. The molecule has 0 aliphatic rings. The molecule has 0 saturated carbocycles. The summed E-state index contributed by atoms with van der Waals surface area (Å²) in [6, 6.07) is 0. The number of aryl methyl sites for hydroxylation is 1. The lowest BCUT2D eigenvalue weighted by Gasteiger charge is -2.03. The molecule has 0 saturated heterocycles. The van der Waals surface area contributed by atoms with E-state index in [4.69, 9.17) is 10.5 Å². The lowest BCUT2D eigenvalue weighted by Crippen LogP contribution is -2.32. The normalized spacial score (nSPS) is 9.86. The van der Waals surface area contributed by atoms with Crippen molar-refractivity contribution in [3.63, 3.8) is 0 Å². The average Bonchev–Trinajstić information content (AvgIpc) is 2.58. The van der Waals surface area contributed by atoms with Crippen LogP contribution in [-0.2, 0) is 11.8 Å². The van der Waals surface area contributed by atoms with Crippen LogP contribution in [0.1, 0.15) is 0 Å². The van der Waals surface area contributed by atoms with E-state index in [1.54, 1.807) is 24.1 Å². The Hall–Kier alpha value is -1.56. The minimum atomic E-state index is -0.181. The van der Waals surface area contributed by atoms with Crippen molar-refractivity contribution >= 4 is 5.91 Å². The summed E-state index contributed by atoms with van der Waals surface area (Å²) in [7, 11) is 1.78. The predicted octanol–water partition coefficient (Wildman–Crippen LogP) is -1.13. The third-order valence-corrected chi connectivity index (χ3v) is 1.52. The van der Waals surface area contributed by atoms with E-state index in [2.05, 4.69) is 10.4 Å². The van der Waals surface area contributed by atoms with Gasteiger partial charge in [0.05, 0.1) is 12.4 Å². The largest absolute Gasteiger partial charge is 0.480 e. The molecule has 1 aromatic rings. The molecule has 0 fully saturated rings. The Morgan fingerprint density at radius 2 is 2.57 bits per heavy atom. The van der Waals surface area contributed by atoms with Gasteiger partial charge in [-0.2, -0.15) is 5.10 Å². The summed E-state index contributed by atoms with van der Waals surface area (Å²) in [6.45, 7) is 0.888. The average molecular weight is 198 g/mol. The zero-order valence-corrected chi connectivity index (χ0v) is 8.06. The highest BCUT2D eigenvalue weighted by molar-refractivity contribution is 5.77. The summed E-state index contributed by atoms with van der Waals surface area (Å²) in [5, 5.41) is 6.49. The Morgan fingerprint density at radius 3 is 3.14 bits per heavy atom. The number of aromatic nitrogens is 2. The number of nitrogens with one attached hydrogen (secondary N) is 1. The quantitative estimate of drug-likeness (QED) is 0.627. The van der Waals surface area contributed by atoms with Crippen molar-refractivity contribution in [3.8, 4) is 5.75 Å². The molecule has 0 radical (unpaired) electrons. The third-order valence-electron chi connectivity index (χ3n) is 1.52. The van der Waals surface area contributed by atoms with Gasteiger partial charge in [0, 0.05) is 20.1 Å². The van der Waals surface area contributed by atoms with E-state index < -0.39 is 0 Å². The Balaban J connectivity index is 2.23. The van der Waals surface area contributed by atoms with Gasteiger partial charge in [0.15, 0.2) is 12.4 Å². The SMILES string of the molecule is Cn1cc(OCC(=O)NCCN)cn1. The summed E-state index contributed by atoms with van der Waals surface area (Å²) >= 11 is 0. The zero-order chi connectivity index (χ0) is 10.4. The zero-order valence-electron chi connectivity index (χ0n) is 8.06. The summed E-state index contributed by atoms with van der Waals surface area (Å²) in [4.78, 5) is 11.1. The fraction of sp³-hybridized carbons (Fsp3) is 0.500. The highest BCUT2D eigenvalue weighted by atomic mass is 16.5. The second-order valence-electron chi connectivity index (χ2n) is 2.78. The summed E-state index contributed by atoms with van der Waals surface area (Å²) < 4.78 is 6.75. The molecule has 0 aliphatic heterocycles. The Labute approximate surface area is 82.0 Å². The topological polar surface area (TPSA) is 82.2 Å². The van der Waals surface area contributed by atoms with E-state index in [0.717, 1.165) is 0 Å². The van der Waals surface area contributed by atoms with E-state index >= 15 is 0 Å². The molecule has 6 heteroatoms. The van der Waals surface area contributed by atoms with Crippen molar-refractivity contribution < 1.29 is 9.53 Å². The van der Waals surface area contributed by atoms with E-state index in [-0.39, 0.29) is 12.5 Å². The molecule has 6 nitrogen and oxygen atoms in total. The highest BCUT2D eigenvalue weighted by Crippen LogP contribution is 2.05. The molecule has 0 unspecified atom stereocenters. The van der Waals surface area contributed by atoms with Gasteiger partial charge in [0.1, 0.15) is 0 Å². The third kappa shape index (κ3) is 3.44. The number of nitrogens with zero attached hydrogens (tertiary/aromatic N) is 2. The smallest absolute Gasteiger partial charge is 0.257 e. The summed E-state index contributed by atoms with van der Waals surface area (Å²) in [5.41, 5.74) is 5.22. The molecular formula is C8H14N4O2. The molecule has 0 atom stereocenters. The van der Waals surface area contributed by atoms with Gasteiger partial charge >= 0.3 is 0 Å². The van der Waals surface area contributed by atoms with Crippen LogP contribution in [0.2, 0.25) is 0 Å². The van der Waals surface area contributed by atoms with Crippen LogP contribution >= 0.6 is 0 Å². The van der Waals surface area contributed by atoms with E-state index in [0.29, 0.717) is 18.8 Å².